The van der Waals surface area contributed by atoms with E-state index in [1.807, 2.05) is 32.0 Å². The molecule has 0 atom stereocenters. The molecule has 3 aromatic heterocycles. The van der Waals surface area contributed by atoms with Gasteiger partial charge in [0.25, 0.3) is 11.1 Å². The second kappa shape index (κ2) is 9.30. The highest BCUT2D eigenvalue weighted by Gasteiger charge is 2.31. The Bertz CT molecular complexity index is 1860. The SMILES string of the molecule is Cc1cccc(C)c1Oc1cn(C)c(=O)cc1-c1cn(C)c(=O)c2[nH]c(-c3cc(C(F)(F)F)ccc3F)cc12. The molecule has 0 bridgehead atoms. The van der Waals surface area contributed by atoms with Crippen molar-refractivity contribution in [1.82, 2.24) is 14.1 Å². The number of hydrogen-bond donors (Lipinski definition) is 1. The highest BCUT2D eigenvalue weighted by molar-refractivity contribution is 5.98. The summed E-state index contributed by atoms with van der Waals surface area (Å²) in [6.45, 7) is 3.77. The number of aryl methyl sites for hydroxylation is 4. The summed E-state index contributed by atoms with van der Waals surface area (Å²) in [4.78, 5) is 28.5. The van der Waals surface area contributed by atoms with Gasteiger partial charge in [0, 0.05) is 54.1 Å². The largest absolute Gasteiger partial charge is 0.455 e. The Morgan fingerprint density at radius 1 is 0.846 bits per heavy atom. The number of aromatic nitrogens is 3. The fourth-order valence-corrected chi connectivity index (χ4v) is 4.57. The topological polar surface area (TPSA) is 69.0 Å². The molecule has 0 saturated heterocycles. The number of hydrogen-bond acceptors (Lipinski definition) is 3. The van der Waals surface area contributed by atoms with Gasteiger partial charge in [-0.25, -0.2) is 4.39 Å². The van der Waals surface area contributed by atoms with E-state index in [2.05, 4.69) is 4.98 Å². The minimum Gasteiger partial charge on any atom is -0.455 e. The summed E-state index contributed by atoms with van der Waals surface area (Å²) in [5, 5.41) is 0.296. The quantitative estimate of drug-likeness (QED) is 0.267. The molecule has 0 aliphatic carbocycles. The zero-order valence-electron chi connectivity index (χ0n) is 21.4. The van der Waals surface area contributed by atoms with Crippen molar-refractivity contribution in [2.45, 2.75) is 20.0 Å². The van der Waals surface area contributed by atoms with E-state index in [4.69, 9.17) is 4.74 Å². The van der Waals surface area contributed by atoms with Crippen LogP contribution in [0.2, 0.25) is 0 Å². The number of halogens is 4. The van der Waals surface area contributed by atoms with E-state index in [-0.39, 0.29) is 22.3 Å². The maximum atomic E-state index is 14.7. The molecule has 0 saturated carbocycles. The Labute approximate surface area is 219 Å². The molecule has 39 heavy (non-hydrogen) atoms. The molecule has 2 aromatic carbocycles. The van der Waals surface area contributed by atoms with Crippen LogP contribution in [0.1, 0.15) is 16.7 Å². The number of nitrogens with zero attached hydrogens (tertiary/aromatic N) is 2. The van der Waals surface area contributed by atoms with Crippen molar-refractivity contribution >= 4 is 10.9 Å². The van der Waals surface area contributed by atoms with Gasteiger partial charge in [-0.3, -0.25) is 9.59 Å². The number of pyridine rings is 2. The number of benzene rings is 2. The zero-order chi connectivity index (χ0) is 28.2. The third-order valence-corrected chi connectivity index (χ3v) is 6.65. The molecule has 3 heterocycles. The fourth-order valence-electron chi connectivity index (χ4n) is 4.57. The standard InChI is InChI=1S/C29H23F4N3O3/c1-15-6-5-7-16(2)27(15)39-24-14-35(3)25(37)12-18(24)21-13-36(4)28(38)26-19(21)11-23(34-26)20-10-17(29(31,32)33)8-9-22(20)30/h5-14,34H,1-4H3. The third kappa shape index (κ3) is 4.62. The van der Waals surface area contributed by atoms with E-state index >= 15 is 0 Å². The van der Waals surface area contributed by atoms with E-state index in [1.54, 1.807) is 7.05 Å². The lowest BCUT2D eigenvalue weighted by molar-refractivity contribution is -0.137. The molecule has 0 spiro atoms. The van der Waals surface area contributed by atoms with E-state index in [0.717, 1.165) is 17.2 Å². The molecule has 0 fully saturated rings. The molecule has 0 amide bonds. The number of H-pyrrole nitrogens is 1. The number of rotatable bonds is 4. The van der Waals surface area contributed by atoms with Crippen molar-refractivity contribution in [3.63, 3.8) is 0 Å². The van der Waals surface area contributed by atoms with Crippen LogP contribution in [0.4, 0.5) is 17.6 Å². The summed E-state index contributed by atoms with van der Waals surface area (Å²) >= 11 is 0. The molecular weight excluding hydrogens is 514 g/mol. The highest BCUT2D eigenvalue weighted by Crippen LogP contribution is 2.39. The van der Waals surface area contributed by atoms with Crippen molar-refractivity contribution < 1.29 is 22.3 Å². The van der Waals surface area contributed by atoms with Crippen LogP contribution in [-0.4, -0.2) is 14.1 Å². The van der Waals surface area contributed by atoms with Crippen LogP contribution in [0, 0.1) is 19.7 Å². The van der Waals surface area contributed by atoms with Gasteiger partial charge in [-0.15, -0.1) is 0 Å². The number of nitrogens with one attached hydrogen (secondary N) is 1. The predicted octanol–water partition coefficient (Wildman–Crippen LogP) is 6.47. The number of aromatic amines is 1. The summed E-state index contributed by atoms with van der Waals surface area (Å²) in [7, 11) is 3.08. The second-order valence-corrected chi connectivity index (χ2v) is 9.45. The summed E-state index contributed by atoms with van der Waals surface area (Å²) < 4.78 is 63.7. The molecule has 0 unspecified atom stereocenters. The van der Waals surface area contributed by atoms with Crippen LogP contribution in [0.15, 0.2) is 70.5 Å². The van der Waals surface area contributed by atoms with Crippen LogP contribution >= 0.6 is 0 Å². The lowest BCUT2D eigenvalue weighted by atomic mass is 10.0. The molecule has 1 N–H and O–H groups in total. The van der Waals surface area contributed by atoms with Gasteiger partial charge in [-0.1, -0.05) is 18.2 Å². The van der Waals surface area contributed by atoms with Gasteiger partial charge in [0.2, 0.25) is 0 Å². The van der Waals surface area contributed by atoms with E-state index in [0.29, 0.717) is 40.1 Å². The van der Waals surface area contributed by atoms with Gasteiger partial charge in [0.05, 0.1) is 11.8 Å². The Balaban J connectivity index is 1.77. The predicted molar refractivity (Wildman–Crippen MR) is 141 cm³/mol. The van der Waals surface area contributed by atoms with Crippen molar-refractivity contribution in [1.29, 1.82) is 0 Å². The summed E-state index contributed by atoms with van der Waals surface area (Å²) in [6, 6.07) is 10.5. The molecule has 5 aromatic rings. The van der Waals surface area contributed by atoms with E-state index in [1.165, 1.54) is 40.7 Å². The van der Waals surface area contributed by atoms with Crippen molar-refractivity contribution in [3.8, 4) is 33.9 Å². The zero-order valence-corrected chi connectivity index (χ0v) is 21.4. The molecule has 6 nitrogen and oxygen atoms in total. The lowest BCUT2D eigenvalue weighted by Gasteiger charge is -2.17. The minimum atomic E-state index is -4.68. The van der Waals surface area contributed by atoms with Gasteiger partial charge in [0.1, 0.15) is 17.1 Å². The Hall–Kier alpha value is -4.60. The maximum absolute atomic E-state index is 14.7. The van der Waals surface area contributed by atoms with E-state index < -0.39 is 23.1 Å². The number of ether oxygens (including phenoxy) is 1. The van der Waals surface area contributed by atoms with Crippen LogP contribution in [-0.2, 0) is 20.3 Å². The number of para-hydroxylation sites is 1. The van der Waals surface area contributed by atoms with Crippen LogP contribution in [0.5, 0.6) is 11.5 Å². The Kier molecular flexibility index (Phi) is 6.21. The number of fused-ring (bicyclic) bond motifs is 1. The summed E-state index contributed by atoms with van der Waals surface area (Å²) in [5.41, 5.74) is 0.325. The average Bonchev–Trinajstić information content (AvgIpc) is 3.31. The van der Waals surface area contributed by atoms with Gasteiger partial charge >= 0.3 is 6.18 Å². The highest BCUT2D eigenvalue weighted by atomic mass is 19.4. The van der Waals surface area contributed by atoms with Gasteiger partial charge in [-0.05, 0) is 49.2 Å². The third-order valence-electron chi connectivity index (χ3n) is 6.65. The van der Waals surface area contributed by atoms with Crippen LogP contribution in [0.3, 0.4) is 0 Å². The molecule has 200 valence electrons. The molecule has 0 radical (unpaired) electrons. The smallest absolute Gasteiger partial charge is 0.416 e. The van der Waals surface area contributed by atoms with Crippen molar-refractivity contribution in [2.24, 2.45) is 14.1 Å². The molecule has 0 aliphatic heterocycles. The van der Waals surface area contributed by atoms with Crippen LogP contribution < -0.4 is 15.9 Å². The lowest BCUT2D eigenvalue weighted by Crippen LogP contribution is -2.18. The van der Waals surface area contributed by atoms with Crippen molar-refractivity contribution in [2.75, 3.05) is 0 Å². The van der Waals surface area contributed by atoms with Gasteiger partial charge in [-0.2, -0.15) is 13.2 Å². The molecule has 10 heteroatoms. The average molecular weight is 538 g/mol. The van der Waals surface area contributed by atoms with Crippen molar-refractivity contribution in [3.05, 3.63) is 104 Å². The van der Waals surface area contributed by atoms with Crippen LogP contribution in [0.25, 0.3) is 33.3 Å². The normalized spacial score (nSPS) is 11.8. The molecule has 5 rings (SSSR count). The molecule has 0 aliphatic rings. The van der Waals surface area contributed by atoms with E-state index in [9.17, 15) is 27.2 Å². The maximum Gasteiger partial charge on any atom is 0.416 e. The first-order chi connectivity index (χ1) is 18.3. The second-order valence-electron chi connectivity index (χ2n) is 9.45. The first-order valence-corrected chi connectivity index (χ1v) is 11.9. The Morgan fingerprint density at radius 2 is 1.54 bits per heavy atom. The monoisotopic (exact) mass is 537 g/mol. The summed E-state index contributed by atoms with van der Waals surface area (Å²) in [6.07, 6.45) is -1.64. The first kappa shape index (κ1) is 26.0. The van der Waals surface area contributed by atoms with Gasteiger partial charge in [0.15, 0.2) is 5.75 Å². The Morgan fingerprint density at radius 3 is 2.21 bits per heavy atom. The first-order valence-electron chi connectivity index (χ1n) is 11.9. The summed E-state index contributed by atoms with van der Waals surface area (Å²) in [5.74, 6) is 0.0299. The molecular formula is C29H23F4N3O3. The fraction of sp³-hybridized carbons (Fsp3) is 0.172. The van der Waals surface area contributed by atoms with Gasteiger partial charge < -0.3 is 18.9 Å². The minimum absolute atomic E-state index is 0.0146. The number of alkyl halides is 3.